The van der Waals surface area contributed by atoms with Gasteiger partial charge in [-0.3, -0.25) is 4.99 Å². The van der Waals surface area contributed by atoms with Gasteiger partial charge >= 0.3 is 6.18 Å². The van der Waals surface area contributed by atoms with Gasteiger partial charge in [-0.05, 0) is 33.6 Å². The molecule has 1 atom stereocenters. The van der Waals surface area contributed by atoms with Crippen LogP contribution in [0.2, 0.25) is 0 Å². The fraction of sp³-hybridized carbons (Fsp3) is 0.643. The summed E-state index contributed by atoms with van der Waals surface area (Å²) in [5.74, 6) is 0. The fourth-order valence-electron chi connectivity index (χ4n) is 1.43. The minimum atomic E-state index is -4.33. The van der Waals surface area contributed by atoms with Crippen molar-refractivity contribution >= 4 is 6.21 Å². The quantitative estimate of drug-likeness (QED) is 0.483. The first-order valence-electron chi connectivity index (χ1n) is 6.24. The van der Waals surface area contributed by atoms with E-state index in [1.54, 1.807) is 13.8 Å². The molecule has 0 N–H and O–H groups in total. The molecule has 0 rings (SSSR count). The summed E-state index contributed by atoms with van der Waals surface area (Å²) in [5, 5.41) is 0. The molecule has 1 nitrogen and oxygen atoms in total. The molecule has 4 heteroatoms. The molecule has 0 fully saturated rings. The molecule has 0 aromatic heterocycles. The Morgan fingerprint density at radius 1 is 1.28 bits per heavy atom. The molecule has 0 saturated heterocycles. The van der Waals surface area contributed by atoms with Gasteiger partial charge in [0.15, 0.2) is 0 Å². The largest absolute Gasteiger partial charge is 0.416 e. The molecule has 0 radical (unpaired) electrons. The van der Waals surface area contributed by atoms with Crippen LogP contribution >= 0.6 is 0 Å². The van der Waals surface area contributed by atoms with Crippen LogP contribution in [0.5, 0.6) is 0 Å². The van der Waals surface area contributed by atoms with Crippen molar-refractivity contribution in [2.45, 2.75) is 59.7 Å². The Kier molecular flexibility index (Phi) is 6.96. The number of rotatable bonds is 5. The lowest BCUT2D eigenvalue weighted by Gasteiger charge is -2.16. The SMILES string of the molecule is CC=C(C=NC(C)CC)C(=C(C)CC)C(F)(F)F. The highest BCUT2D eigenvalue weighted by Gasteiger charge is 2.36. The third-order valence-corrected chi connectivity index (χ3v) is 2.90. The number of hydrogen-bond acceptors (Lipinski definition) is 1. The van der Waals surface area contributed by atoms with Gasteiger partial charge < -0.3 is 0 Å². The van der Waals surface area contributed by atoms with Crippen LogP contribution in [0.3, 0.4) is 0 Å². The maximum atomic E-state index is 13.0. The van der Waals surface area contributed by atoms with Crippen LogP contribution in [-0.4, -0.2) is 18.4 Å². The summed E-state index contributed by atoms with van der Waals surface area (Å²) in [5.41, 5.74) is -0.0621. The van der Waals surface area contributed by atoms with Crippen molar-refractivity contribution < 1.29 is 13.2 Å². The molecule has 1 unspecified atom stereocenters. The lowest BCUT2D eigenvalue weighted by Crippen LogP contribution is -2.17. The van der Waals surface area contributed by atoms with E-state index in [4.69, 9.17) is 0 Å². The summed E-state index contributed by atoms with van der Waals surface area (Å²) in [6, 6.07) is 0.0383. The number of alkyl halides is 3. The Labute approximate surface area is 107 Å². The molecule has 18 heavy (non-hydrogen) atoms. The average molecular weight is 261 g/mol. The van der Waals surface area contributed by atoms with Crippen molar-refractivity contribution in [1.29, 1.82) is 0 Å². The summed E-state index contributed by atoms with van der Waals surface area (Å²) >= 11 is 0. The van der Waals surface area contributed by atoms with Crippen molar-refractivity contribution in [3.05, 3.63) is 22.8 Å². The summed E-state index contributed by atoms with van der Waals surface area (Å²) in [4.78, 5) is 4.14. The van der Waals surface area contributed by atoms with Gasteiger partial charge in [-0.25, -0.2) is 0 Å². The van der Waals surface area contributed by atoms with Crippen molar-refractivity contribution in [2.75, 3.05) is 0 Å². The van der Waals surface area contributed by atoms with Gasteiger partial charge in [0.2, 0.25) is 0 Å². The predicted molar refractivity (Wildman–Crippen MR) is 71.0 cm³/mol. The summed E-state index contributed by atoms with van der Waals surface area (Å²) in [6.07, 6.45) is -0.331. The molecule has 0 aliphatic heterocycles. The number of allylic oxidation sites excluding steroid dienone is 4. The topological polar surface area (TPSA) is 12.4 Å². The zero-order valence-electron chi connectivity index (χ0n) is 11.7. The number of aliphatic imine (C=N–C) groups is 1. The first-order valence-corrected chi connectivity index (χ1v) is 6.24. The lowest BCUT2D eigenvalue weighted by atomic mass is 9.99. The normalized spacial score (nSPS) is 17.0. The predicted octanol–water partition coefficient (Wildman–Crippen LogP) is 5.09. The van der Waals surface area contributed by atoms with E-state index in [1.807, 2.05) is 13.8 Å². The molecule has 0 aromatic rings. The smallest absolute Gasteiger partial charge is 0.290 e. The molecule has 0 aliphatic rings. The highest BCUT2D eigenvalue weighted by Crippen LogP contribution is 2.34. The molecular formula is C14H22F3N. The highest BCUT2D eigenvalue weighted by atomic mass is 19.4. The molecular weight excluding hydrogens is 239 g/mol. The maximum Gasteiger partial charge on any atom is 0.416 e. The summed E-state index contributed by atoms with van der Waals surface area (Å²) < 4.78 is 39.1. The van der Waals surface area contributed by atoms with E-state index in [0.717, 1.165) is 6.42 Å². The number of nitrogens with zero attached hydrogens (tertiary/aromatic N) is 1. The fourth-order valence-corrected chi connectivity index (χ4v) is 1.43. The Balaban J connectivity index is 5.43. The Morgan fingerprint density at radius 3 is 2.17 bits per heavy atom. The van der Waals surface area contributed by atoms with Crippen molar-refractivity contribution in [3.8, 4) is 0 Å². The van der Waals surface area contributed by atoms with Crippen LogP contribution in [0.25, 0.3) is 0 Å². The van der Waals surface area contributed by atoms with E-state index < -0.39 is 11.7 Å². The van der Waals surface area contributed by atoms with Gasteiger partial charge in [0, 0.05) is 17.8 Å². The maximum absolute atomic E-state index is 13.0. The lowest BCUT2D eigenvalue weighted by molar-refractivity contribution is -0.0896. The van der Waals surface area contributed by atoms with Gasteiger partial charge in [0.1, 0.15) is 0 Å². The average Bonchev–Trinajstić information content (AvgIpc) is 2.31. The van der Waals surface area contributed by atoms with Gasteiger partial charge in [-0.2, -0.15) is 13.2 Å². The molecule has 0 saturated carbocycles. The molecule has 0 bridgehead atoms. The first kappa shape index (κ1) is 16.9. The van der Waals surface area contributed by atoms with Gasteiger partial charge in [0.25, 0.3) is 0 Å². The van der Waals surface area contributed by atoms with Crippen molar-refractivity contribution in [3.63, 3.8) is 0 Å². The molecule has 0 aromatic carbocycles. The van der Waals surface area contributed by atoms with Crippen LogP contribution in [-0.2, 0) is 0 Å². The monoisotopic (exact) mass is 261 g/mol. The van der Waals surface area contributed by atoms with E-state index in [0.29, 0.717) is 12.0 Å². The Bertz CT molecular complexity index is 349. The second kappa shape index (κ2) is 7.39. The van der Waals surface area contributed by atoms with Gasteiger partial charge in [-0.1, -0.05) is 25.5 Å². The number of halogens is 3. The zero-order valence-corrected chi connectivity index (χ0v) is 11.7. The Hall–Kier alpha value is -1.06. The van der Waals surface area contributed by atoms with Crippen molar-refractivity contribution in [1.82, 2.24) is 0 Å². The van der Waals surface area contributed by atoms with E-state index in [-0.39, 0.29) is 11.6 Å². The Morgan fingerprint density at radius 2 is 1.83 bits per heavy atom. The van der Waals surface area contributed by atoms with Crippen LogP contribution in [0.4, 0.5) is 13.2 Å². The molecule has 0 amide bonds. The van der Waals surface area contributed by atoms with E-state index >= 15 is 0 Å². The van der Waals surface area contributed by atoms with Crippen LogP contribution in [0, 0.1) is 0 Å². The van der Waals surface area contributed by atoms with E-state index in [2.05, 4.69) is 4.99 Å². The van der Waals surface area contributed by atoms with Crippen LogP contribution in [0.1, 0.15) is 47.5 Å². The van der Waals surface area contributed by atoms with E-state index in [9.17, 15) is 13.2 Å². The minimum Gasteiger partial charge on any atom is -0.290 e. The van der Waals surface area contributed by atoms with E-state index in [1.165, 1.54) is 19.2 Å². The van der Waals surface area contributed by atoms with Gasteiger partial charge in [0.05, 0.1) is 5.57 Å². The van der Waals surface area contributed by atoms with Crippen LogP contribution < -0.4 is 0 Å². The molecule has 0 aliphatic carbocycles. The van der Waals surface area contributed by atoms with Gasteiger partial charge in [-0.15, -0.1) is 0 Å². The summed E-state index contributed by atoms with van der Waals surface area (Å²) in [6.45, 7) is 8.68. The third-order valence-electron chi connectivity index (χ3n) is 2.90. The molecule has 0 spiro atoms. The minimum absolute atomic E-state index is 0.0383. The third kappa shape index (κ3) is 5.07. The second-order valence-electron chi connectivity index (χ2n) is 4.29. The van der Waals surface area contributed by atoms with Crippen LogP contribution in [0.15, 0.2) is 27.8 Å². The standard InChI is InChI=1S/C14H22F3N/c1-6-10(4)13(14(15,16)17)12(8-3)9-18-11(5)7-2/h8-9,11H,6-7H2,1-5H3. The molecule has 104 valence electrons. The summed E-state index contributed by atoms with van der Waals surface area (Å²) in [7, 11) is 0. The zero-order chi connectivity index (χ0) is 14.3. The first-order chi connectivity index (χ1) is 8.27. The molecule has 0 heterocycles. The second-order valence-corrected chi connectivity index (χ2v) is 4.29. The van der Waals surface area contributed by atoms with Crippen molar-refractivity contribution in [2.24, 2.45) is 4.99 Å². The highest BCUT2D eigenvalue weighted by molar-refractivity contribution is 5.85. The number of hydrogen-bond donors (Lipinski definition) is 0.